The lowest BCUT2D eigenvalue weighted by Crippen LogP contribution is -2.41. The molecule has 1 N–H and O–H groups in total. The molecule has 0 saturated heterocycles. The second kappa shape index (κ2) is 9.61. The van der Waals surface area contributed by atoms with Crippen molar-refractivity contribution in [2.75, 3.05) is 30.3 Å². The Morgan fingerprint density at radius 3 is 2.34 bits per heavy atom. The first-order valence-electron chi connectivity index (χ1n) is 10.5. The number of ether oxygens (including phenoxy) is 1. The van der Waals surface area contributed by atoms with Gasteiger partial charge < -0.3 is 10.1 Å². The molecule has 3 aromatic rings. The fourth-order valence-corrected chi connectivity index (χ4v) is 4.43. The van der Waals surface area contributed by atoms with Crippen molar-refractivity contribution in [2.24, 2.45) is 0 Å². The van der Waals surface area contributed by atoms with Gasteiger partial charge >= 0.3 is 0 Å². The van der Waals surface area contributed by atoms with Crippen LogP contribution in [0.5, 0.6) is 5.75 Å². The minimum absolute atomic E-state index is 0.0612. The lowest BCUT2D eigenvalue weighted by atomic mass is 9.86. The Bertz CT molecular complexity index is 1190. The molecule has 0 radical (unpaired) electrons. The fourth-order valence-electron chi connectivity index (χ4n) is 3.56. The van der Waals surface area contributed by atoms with E-state index >= 15 is 0 Å². The van der Waals surface area contributed by atoms with E-state index in [1.165, 1.54) is 0 Å². The first-order valence-corrected chi connectivity index (χ1v) is 12.4. The molecule has 0 saturated carbocycles. The number of benzene rings is 3. The van der Waals surface area contributed by atoms with Crippen LogP contribution in [-0.2, 0) is 20.2 Å². The van der Waals surface area contributed by atoms with Crippen LogP contribution in [0.25, 0.3) is 10.8 Å². The second-order valence-corrected chi connectivity index (χ2v) is 10.6. The molecule has 6 nitrogen and oxygen atoms in total. The minimum Gasteiger partial charge on any atom is -0.491 e. The van der Waals surface area contributed by atoms with Crippen molar-refractivity contribution in [1.29, 1.82) is 0 Å². The molecule has 0 fully saturated rings. The quantitative estimate of drug-likeness (QED) is 0.520. The molecule has 0 aliphatic carbocycles. The van der Waals surface area contributed by atoms with Gasteiger partial charge in [0.25, 0.3) is 0 Å². The Labute approximate surface area is 190 Å². The molecular weight excluding hydrogens is 424 g/mol. The Hall–Kier alpha value is -3.06. The SMILES string of the molecule is CC(C)(C)c1ccccc1OCCNC(=O)CN(c1cccc2ccccc12)S(C)(=O)=O. The van der Waals surface area contributed by atoms with Crippen molar-refractivity contribution >= 4 is 32.4 Å². The van der Waals surface area contributed by atoms with Crippen LogP contribution in [0.1, 0.15) is 26.3 Å². The van der Waals surface area contributed by atoms with Crippen molar-refractivity contribution in [3.63, 3.8) is 0 Å². The molecule has 0 aliphatic heterocycles. The molecule has 0 spiro atoms. The number of carbonyl (C=O) groups excluding carboxylic acids is 1. The number of carbonyl (C=O) groups is 1. The Morgan fingerprint density at radius 2 is 1.62 bits per heavy atom. The van der Waals surface area contributed by atoms with Gasteiger partial charge in [0.15, 0.2) is 0 Å². The van der Waals surface area contributed by atoms with Crippen molar-refractivity contribution in [3.05, 3.63) is 72.3 Å². The van der Waals surface area contributed by atoms with Crippen molar-refractivity contribution in [2.45, 2.75) is 26.2 Å². The van der Waals surface area contributed by atoms with Crippen LogP contribution >= 0.6 is 0 Å². The van der Waals surface area contributed by atoms with Crippen LogP contribution in [0, 0.1) is 0 Å². The number of sulfonamides is 1. The zero-order valence-corrected chi connectivity index (χ0v) is 19.8. The molecule has 0 heterocycles. The van der Waals surface area contributed by atoms with E-state index in [2.05, 4.69) is 26.1 Å². The van der Waals surface area contributed by atoms with E-state index in [-0.39, 0.29) is 25.1 Å². The number of nitrogens with zero attached hydrogens (tertiary/aromatic N) is 1. The third-order valence-electron chi connectivity index (χ3n) is 5.10. The number of anilines is 1. The first kappa shape index (κ1) is 23.6. The Kier molecular flexibility index (Phi) is 7.09. The topological polar surface area (TPSA) is 75.7 Å². The number of fused-ring (bicyclic) bond motifs is 1. The van der Waals surface area contributed by atoms with Gasteiger partial charge in [-0.05, 0) is 28.5 Å². The number of nitrogens with one attached hydrogen (secondary N) is 1. The zero-order valence-electron chi connectivity index (χ0n) is 19.0. The van der Waals surface area contributed by atoms with E-state index < -0.39 is 15.9 Å². The molecule has 3 aromatic carbocycles. The molecule has 1 amide bonds. The molecule has 32 heavy (non-hydrogen) atoms. The molecule has 7 heteroatoms. The van der Waals surface area contributed by atoms with E-state index in [9.17, 15) is 13.2 Å². The minimum atomic E-state index is -3.66. The van der Waals surface area contributed by atoms with E-state index in [1.807, 2.05) is 54.6 Å². The summed E-state index contributed by atoms with van der Waals surface area (Å²) < 4.78 is 32.0. The van der Waals surface area contributed by atoms with Gasteiger partial charge in [0.2, 0.25) is 15.9 Å². The number of amides is 1. The average molecular weight is 455 g/mol. The van der Waals surface area contributed by atoms with Gasteiger partial charge in [-0.2, -0.15) is 0 Å². The second-order valence-electron chi connectivity index (χ2n) is 8.71. The fraction of sp³-hybridized carbons (Fsp3) is 0.320. The third-order valence-corrected chi connectivity index (χ3v) is 6.23. The smallest absolute Gasteiger partial charge is 0.240 e. The van der Waals surface area contributed by atoms with E-state index in [4.69, 9.17) is 4.74 Å². The van der Waals surface area contributed by atoms with Crippen molar-refractivity contribution in [1.82, 2.24) is 5.32 Å². The highest BCUT2D eigenvalue weighted by Gasteiger charge is 2.22. The highest BCUT2D eigenvalue weighted by molar-refractivity contribution is 7.92. The summed E-state index contributed by atoms with van der Waals surface area (Å²) in [4.78, 5) is 12.6. The molecule has 0 unspecified atom stereocenters. The maximum atomic E-state index is 12.6. The largest absolute Gasteiger partial charge is 0.491 e. The first-order chi connectivity index (χ1) is 15.1. The maximum Gasteiger partial charge on any atom is 0.240 e. The zero-order chi connectivity index (χ0) is 23.4. The summed E-state index contributed by atoms with van der Waals surface area (Å²) in [6.07, 6.45) is 1.11. The summed E-state index contributed by atoms with van der Waals surface area (Å²) in [6.45, 7) is 6.60. The molecule has 170 valence electrons. The van der Waals surface area contributed by atoms with Crippen molar-refractivity contribution < 1.29 is 17.9 Å². The predicted molar refractivity (Wildman–Crippen MR) is 130 cm³/mol. The maximum absolute atomic E-state index is 12.6. The summed E-state index contributed by atoms with van der Waals surface area (Å²) in [5.74, 6) is 0.388. The van der Waals surface area contributed by atoms with Crippen LogP contribution in [0.2, 0.25) is 0 Å². The molecule has 3 rings (SSSR count). The number of hydrogen-bond acceptors (Lipinski definition) is 4. The molecule has 0 atom stereocenters. The highest BCUT2D eigenvalue weighted by atomic mass is 32.2. The normalized spacial score (nSPS) is 11.9. The monoisotopic (exact) mass is 454 g/mol. The molecular formula is C25H30N2O4S. The van der Waals surface area contributed by atoms with Crippen LogP contribution < -0.4 is 14.4 Å². The van der Waals surface area contributed by atoms with Gasteiger partial charge in [-0.15, -0.1) is 0 Å². The van der Waals surface area contributed by atoms with Gasteiger partial charge in [0, 0.05) is 5.39 Å². The predicted octanol–water partition coefficient (Wildman–Crippen LogP) is 4.10. The van der Waals surface area contributed by atoms with Gasteiger partial charge in [-0.1, -0.05) is 75.4 Å². The lowest BCUT2D eigenvalue weighted by Gasteiger charge is -2.24. The average Bonchev–Trinajstić information content (AvgIpc) is 2.73. The lowest BCUT2D eigenvalue weighted by molar-refractivity contribution is -0.119. The van der Waals surface area contributed by atoms with Gasteiger partial charge in [0.05, 0.1) is 18.5 Å². The van der Waals surface area contributed by atoms with E-state index in [1.54, 1.807) is 12.1 Å². The standard InChI is InChI=1S/C25H30N2O4S/c1-25(2,3)21-13-7-8-15-23(21)31-17-16-26-24(28)18-27(32(4,29)30)22-14-9-11-19-10-5-6-12-20(19)22/h5-15H,16-18H2,1-4H3,(H,26,28). The molecule has 0 bridgehead atoms. The third kappa shape index (κ3) is 5.79. The number of hydrogen-bond donors (Lipinski definition) is 1. The van der Waals surface area contributed by atoms with Gasteiger partial charge in [-0.25, -0.2) is 8.42 Å². The Morgan fingerprint density at radius 1 is 0.969 bits per heavy atom. The summed E-state index contributed by atoms with van der Waals surface area (Å²) in [7, 11) is -3.66. The summed E-state index contributed by atoms with van der Waals surface area (Å²) in [5.41, 5.74) is 1.51. The summed E-state index contributed by atoms with van der Waals surface area (Å²) >= 11 is 0. The van der Waals surface area contributed by atoms with Crippen LogP contribution in [0.4, 0.5) is 5.69 Å². The van der Waals surface area contributed by atoms with Gasteiger partial charge in [-0.3, -0.25) is 9.10 Å². The Balaban J connectivity index is 1.65. The number of para-hydroxylation sites is 1. The van der Waals surface area contributed by atoms with Crippen LogP contribution in [0.15, 0.2) is 66.7 Å². The van der Waals surface area contributed by atoms with E-state index in [0.29, 0.717) is 5.69 Å². The molecule has 0 aromatic heterocycles. The van der Waals surface area contributed by atoms with E-state index in [0.717, 1.165) is 32.6 Å². The summed E-state index contributed by atoms with van der Waals surface area (Å²) in [5, 5.41) is 4.44. The van der Waals surface area contributed by atoms with Gasteiger partial charge in [0.1, 0.15) is 18.9 Å². The summed E-state index contributed by atoms with van der Waals surface area (Å²) in [6, 6.07) is 20.7. The number of rotatable bonds is 8. The van der Waals surface area contributed by atoms with Crippen LogP contribution in [-0.4, -0.2) is 40.3 Å². The van der Waals surface area contributed by atoms with Crippen molar-refractivity contribution in [3.8, 4) is 5.75 Å². The molecule has 0 aliphatic rings. The van der Waals surface area contributed by atoms with Crippen LogP contribution in [0.3, 0.4) is 0 Å². The highest BCUT2D eigenvalue weighted by Crippen LogP contribution is 2.31.